The summed E-state index contributed by atoms with van der Waals surface area (Å²) in [6, 6.07) is 12.8. The molecule has 110 valence electrons. The van der Waals surface area contributed by atoms with Crippen LogP contribution in [0.5, 0.6) is 0 Å². The first-order valence-corrected chi connectivity index (χ1v) is 8.21. The van der Waals surface area contributed by atoms with Crippen molar-refractivity contribution < 1.29 is 4.79 Å². The number of carbonyl (C=O) groups is 1. The third-order valence-electron chi connectivity index (χ3n) is 4.17. The van der Waals surface area contributed by atoms with Crippen molar-refractivity contribution in [3.8, 4) is 10.4 Å². The Hall–Kier alpha value is -1.65. The smallest absolute Gasteiger partial charge is 0.240 e. The van der Waals surface area contributed by atoms with Gasteiger partial charge in [-0.25, -0.2) is 0 Å². The molecule has 1 aromatic carbocycles. The van der Waals surface area contributed by atoms with E-state index in [9.17, 15) is 4.79 Å². The number of likely N-dealkylation sites (N-methyl/N-ethyl adjacent to an activating group) is 1. The van der Waals surface area contributed by atoms with Gasteiger partial charge in [0.2, 0.25) is 5.91 Å². The lowest BCUT2D eigenvalue weighted by atomic mass is 9.88. The Morgan fingerprint density at radius 2 is 2.14 bits per heavy atom. The number of hydrogen-bond donors (Lipinski definition) is 2. The van der Waals surface area contributed by atoms with Crippen LogP contribution in [0.15, 0.2) is 41.8 Å². The Kier molecular flexibility index (Phi) is 4.08. The average Bonchev–Trinajstić information content (AvgIpc) is 3.19. The van der Waals surface area contributed by atoms with E-state index in [1.807, 2.05) is 0 Å². The zero-order chi connectivity index (χ0) is 14.7. The molecule has 2 aromatic rings. The van der Waals surface area contributed by atoms with E-state index in [1.54, 1.807) is 18.4 Å². The van der Waals surface area contributed by atoms with Gasteiger partial charge in [0.15, 0.2) is 0 Å². The molecule has 3 rings (SSSR count). The van der Waals surface area contributed by atoms with E-state index in [4.69, 9.17) is 0 Å². The van der Waals surface area contributed by atoms with Gasteiger partial charge in [0.25, 0.3) is 0 Å². The minimum Gasteiger partial charge on any atom is -0.358 e. The van der Waals surface area contributed by atoms with Gasteiger partial charge in [-0.05, 0) is 48.4 Å². The van der Waals surface area contributed by atoms with E-state index in [2.05, 4.69) is 52.4 Å². The largest absolute Gasteiger partial charge is 0.358 e. The summed E-state index contributed by atoms with van der Waals surface area (Å²) < 4.78 is 0. The zero-order valence-electron chi connectivity index (χ0n) is 12.2. The normalized spacial score (nSPS) is 21.4. The molecule has 0 bridgehead atoms. The molecule has 2 heterocycles. The molecule has 0 spiro atoms. The fourth-order valence-corrected chi connectivity index (χ4v) is 3.78. The highest BCUT2D eigenvalue weighted by molar-refractivity contribution is 7.13. The molecule has 1 atom stereocenters. The molecule has 1 fully saturated rings. The van der Waals surface area contributed by atoms with Crippen LogP contribution in [0.25, 0.3) is 10.4 Å². The molecule has 4 heteroatoms. The molecule has 1 aliphatic heterocycles. The van der Waals surface area contributed by atoms with Gasteiger partial charge in [0.1, 0.15) is 5.54 Å². The summed E-state index contributed by atoms with van der Waals surface area (Å²) >= 11 is 1.75. The van der Waals surface area contributed by atoms with Crippen LogP contribution >= 0.6 is 11.3 Å². The molecule has 0 aliphatic carbocycles. The summed E-state index contributed by atoms with van der Waals surface area (Å²) in [5.41, 5.74) is 2.01. The number of nitrogens with one attached hydrogen (secondary N) is 2. The summed E-state index contributed by atoms with van der Waals surface area (Å²) in [5, 5.41) is 8.29. The number of carbonyl (C=O) groups excluding carboxylic acids is 1. The van der Waals surface area contributed by atoms with Crippen molar-refractivity contribution in [1.82, 2.24) is 10.6 Å². The van der Waals surface area contributed by atoms with Crippen LogP contribution in [0, 0.1) is 0 Å². The summed E-state index contributed by atoms with van der Waals surface area (Å²) in [5.74, 6) is 0.0994. The molecule has 1 aliphatic rings. The highest BCUT2D eigenvalue weighted by Gasteiger charge is 2.40. The Bertz CT molecular complexity index is 598. The maximum absolute atomic E-state index is 12.2. The molecular formula is C17H20N2OS. The van der Waals surface area contributed by atoms with Gasteiger partial charge in [0, 0.05) is 11.9 Å². The van der Waals surface area contributed by atoms with E-state index in [1.165, 1.54) is 16.0 Å². The predicted molar refractivity (Wildman–Crippen MR) is 87.5 cm³/mol. The topological polar surface area (TPSA) is 41.1 Å². The lowest BCUT2D eigenvalue weighted by Crippen LogP contribution is -2.54. The minimum absolute atomic E-state index is 0.0994. The first-order chi connectivity index (χ1) is 10.2. The monoisotopic (exact) mass is 300 g/mol. The molecule has 3 nitrogen and oxygen atoms in total. The first kappa shape index (κ1) is 14.3. The van der Waals surface area contributed by atoms with Gasteiger partial charge >= 0.3 is 0 Å². The highest BCUT2D eigenvalue weighted by Crippen LogP contribution is 2.28. The fraction of sp³-hybridized carbons (Fsp3) is 0.353. The lowest BCUT2D eigenvalue weighted by Gasteiger charge is -2.27. The van der Waals surface area contributed by atoms with Crippen LogP contribution in [0.2, 0.25) is 0 Å². The quantitative estimate of drug-likeness (QED) is 0.911. The van der Waals surface area contributed by atoms with E-state index in [0.717, 1.165) is 25.8 Å². The molecule has 0 saturated carbocycles. The van der Waals surface area contributed by atoms with E-state index >= 15 is 0 Å². The van der Waals surface area contributed by atoms with Gasteiger partial charge in [0.05, 0.1) is 0 Å². The van der Waals surface area contributed by atoms with Gasteiger partial charge in [-0.15, -0.1) is 11.3 Å². The van der Waals surface area contributed by atoms with Crippen molar-refractivity contribution >= 4 is 17.2 Å². The van der Waals surface area contributed by atoms with Crippen LogP contribution in [0.3, 0.4) is 0 Å². The van der Waals surface area contributed by atoms with Crippen molar-refractivity contribution in [2.24, 2.45) is 0 Å². The summed E-state index contributed by atoms with van der Waals surface area (Å²) in [7, 11) is 1.71. The van der Waals surface area contributed by atoms with Crippen molar-refractivity contribution in [3.05, 3.63) is 47.3 Å². The van der Waals surface area contributed by atoms with Crippen LogP contribution < -0.4 is 10.6 Å². The molecule has 2 N–H and O–H groups in total. The van der Waals surface area contributed by atoms with Crippen LogP contribution in [-0.4, -0.2) is 25.0 Å². The minimum atomic E-state index is -0.431. The number of thiophene rings is 1. The molecule has 21 heavy (non-hydrogen) atoms. The van der Waals surface area contributed by atoms with Crippen molar-refractivity contribution in [2.45, 2.75) is 24.8 Å². The van der Waals surface area contributed by atoms with Crippen LogP contribution in [-0.2, 0) is 11.2 Å². The molecule has 0 radical (unpaired) electrons. The van der Waals surface area contributed by atoms with Gasteiger partial charge < -0.3 is 10.6 Å². The van der Waals surface area contributed by atoms with Crippen molar-refractivity contribution in [3.63, 3.8) is 0 Å². The third kappa shape index (κ3) is 2.87. The second-order valence-corrected chi connectivity index (χ2v) is 6.49. The predicted octanol–water partition coefficient (Wildman–Crippen LogP) is 2.83. The lowest BCUT2D eigenvalue weighted by molar-refractivity contribution is -0.126. The van der Waals surface area contributed by atoms with Crippen molar-refractivity contribution in [2.75, 3.05) is 13.6 Å². The zero-order valence-corrected chi connectivity index (χ0v) is 13.0. The summed E-state index contributed by atoms with van der Waals surface area (Å²) in [6.45, 7) is 0.917. The van der Waals surface area contributed by atoms with Crippen LogP contribution in [0.4, 0.5) is 0 Å². The van der Waals surface area contributed by atoms with E-state index in [-0.39, 0.29) is 5.91 Å². The first-order valence-electron chi connectivity index (χ1n) is 7.33. The average molecular weight is 300 g/mol. The second kappa shape index (κ2) is 6.00. The standard InChI is InChI=1S/C17H20N2OS/c1-18-16(20)17(9-3-10-19-17)12-13-5-7-14(8-6-13)15-4-2-11-21-15/h2,4-8,11,19H,3,9-10,12H2,1H3,(H,18,20). The molecule has 1 amide bonds. The SMILES string of the molecule is CNC(=O)C1(Cc2ccc(-c3cccs3)cc2)CCCN1. The Morgan fingerprint density at radius 1 is 1.33 bits per heavy atom. The molecular weight excluding hydrogens is 280 g/mol. The third-order valence-corrected chi connectivity index (χ3v) is 5.09. The molecule has 1 aromatic heterocycles. The Balaban J connectivity index is 1.79. The van der Waals surface area contributed by atoms with E-state index in [0.29, 0.717) is 0 Å². The number of rotatable bonds is 4. The second-order valence-electron chi connectivity index (χ2n) is 5.54. The number of hydrogen-bond acceptors (Lipinski definition) is 3. The van der Waals surface area contributed by atoms with Gasteiger partial charge in [-0.1, -0.05) is 30.3 Å². The van der Waals surface area contributed by atoms with Crippen molar-refractivity contribution in [1.29, 1.82) is 0 Å². The molecule has 1 saturated heterocycles. The molecule has 1 unspecified atom stereocenters. The highest BCUT2D eigenvalue weighted by atomic mass is 32.1. The number of amides is 1. The fourth-order valence-electron chi connectivity index (χ4n) is 3.05. The van der Waals surface area contributed by atoms with Crippen LogP contribution in [0.1, 0.15) is 18.4 Å². The van der Waals surface area contributed by atoms with Gasteiger partial charge in [-0.2, -0.15) is 0 Å². The summed E-state index contributed by atoms with van der Waals surface area (Å²) in [6.07, 6.45) is 2.71. The number of benzene rings is 1. The Labute approximate surface area is 129 Å². The summed E-state index contributed by atoms with van der Waals surface area (Å²) in [4.78, 5) is 13.5. The maximum atomic E-state index is 12.2. The van der Waals surface area contributed by atoms with Gasteiger partial charge in [-0.3, -0.25) is 4.79 Å². The maximum Gasteiger partial charge on any atom is 0.240 e. The van der Waals surface area contributed by atoms with E-state index < -0.39 is 5.54 Å². The Morgan fingerprint density at radius 3 is 2.71 bits per heavy atom.